The van der Waals surface area contributed by atoms with E-state index in [1.807, 2.05) is 30.3 Å². The predicted octanol–water partition coefficient (Wildman–Crippen LogP) is 1.80. The first-order valence-corrected chi connectivity index (χ1v) is 5.96. The van der Waals surface area contributed by atoms with Gasteiger partial charge >= 0.3 is 0 Å². The lowest BCUT2D eigenvalue weighted by molar-refractivity contribution is -0.119. The highest BCUT2D eigenvalue weighted by atomic mass is 35.5. The maximum absolute atomic E-state index is 11.9. The van der Waals surface area contributed by atoms with Gasteiger partial charge < -0.3 is 15.8 Å². The van der Waals surface area contributed by atoms with Crippen LogP contribution in [0.2, 0.25) is 0 Å². The van der Waals surface area contributed by atoms with Crippen LogP contribution in [-0.4, -0.2) is 25.2 Å². The maximum Gasteiger partial charge on any atom is 0.241 e. The highest BCUT2D eigenvalue weighted by Gasteiger charge is 2.26. The Morgan fingerprint density at radius 2 is 1.89 bits per heavy atom. The topological polar surface area (TPSA) is 64.4 Å². The predicted molar refractivity (Wildman–Crippen MR) is 73.8 cm³/mol. The maximum atomic E-state index is 11.9. The van der Waals surface area contributed by atoms with Crippen molar-refractivity contribution in [2.45, 2.75) is 18.9 Å². The quantitative estimate of drug-likeness (QED) is 0.880. The molecule has 1 amide bonds. The summed E-state index contributed by atoms with van der Waals surface area (Å²) in [7, 11) is 0. The summed E-state index contributed by atoms with van der Waals surface area (Å²) in [5.41, 5.74) is 6.76. The summed E-state index contributed by atoms with van der Waals surface area (Å²) in [6, 6.07) is 8.95. The van der Waals surface area contributed by atoms with Crippen molar-refractivity contribution in [3.05, 3.63) is 30.3 Å². The largest absolute Gasteiger partial charge is 0.381 e. The van der Waals surface area contributed by atoms with Gasteiger partial charge in [0.25, 0.3) is 0 Å². The molecule has 1 aliphatic heterocycles. The normalized spacial score (nSPS) is 17.6. The van der Waals surface area contributed by atoms with E-state index in [0.717, 1.165) is 18.5 Å². The fourth-order valence-corrected chi connectivity index (χ4v) is 2.04. The lowest BCUT2D eigenvalue weighted by Gasteiger charge is -2.26. The standard InChI is InChI=1S/C13H18N2O2.ClH/c14-12(10-6-8-17-9-7-10)13(16)15-11-4-2-1-3-5-11;/h1-5,10,12H,6-9,14H2,(H,15,16);1H. The second kappa shape index (κ2) is 7.36. The number of rotatable bonds is 3. The zero-order valence-corrected chi connectivity index (χ0v) is 11.0. The van der Waals surface area contributed by atoms with E-state index in [-0.39, 0.29) is 24.2 Å². The molecule has 0 bridgehead atoms. The molecule has 0 radical (unpaired) electrons. The van der Waals surface area contributed by atoms with Crippen molar-refractivity contribution in [2.24, 2.45) is 11.7 Å². The molecule has 4 nitrogen and oxygen atoms in total. The molecular formula is C13H19ClN2O2. The van der Waals surface area contributed by atoms with E-state index in [0.29, 0.717) is 13.2 Å². The fraction of sp³-hybridized carbons (Fsp3) is 0.462. The van der Waals surface area contributed by atoms with Gasteiger partial charge in [-0.2, -0.15) is 0 Å². The molecule has 1 fully saturated rings. The Labute approximate surface area is 113 Å². The van der Waals surface area contributed by atoms with Crippen molar-refractivity contribution in [3.8, 4) is 0 Å². The number of nitrogens with one attached hydrogen (secondary N) is 1. The molecule has 3 N–H and O–H groups in total. The van der Waals surface area contributed by atoms with Gasteiger partial charge in [-0.05, 0) is 30.9 Å². The van der Waals surface area contributed by atoms with E-state index < -0.39 is 6.04 Å². The van der Waals surface area contributed by atoms with E-state index in [2.05, 4.69) is 5.32 Å². The molecule has 1 saturated heterocycles. The highest BCUT2D eigenvalue weighted by Crippen LogP contribution is 2.18. The third-order valence-corrected chi connectivity index (χ3v) is 3.12. The van der Waals surface area contributed by atoms with Gasteiger partial charge in [0.1, 0.15) is 0 Å². The first-order valence-electron chi connectivity index (χ1n) is 5.96. The first kappa shape index (κ1) is 15.0. The smallest absolute Gasteiger partial charge is 0.241 e. The monoisotopic (exact) mass is 270 g/mol. The van der Waals surface area contributed by atoms with Crippen molar-refractivity contribution in [1.29, 1.82) is 0 Å². The van der Waals surface area contributed by atoms with Crippen molar-refractivity contribution in [2.75, 3.05) is 18.5 Å². The minimum Gasteiger partial charge on any atom is -0.381 e. The van der Waals surface area contributed by atoms with Crippen molar-refractivity contribution >= 4 is 24.0 Å². The molecule has 0 aliphatic carbocycles. The third kappa shape index (κ3) is 3.98. The Kier molecular flexibility index (Phi) is 6.12. The second-order valence-electron chi connectivity index (χ2n) is 4.33. The van der Waals surface area contributed by atoms with Gasteiger partial charge in [-0.3, -0.25) is 4.79 Å². The number of anilines is 1. The summed E-state index contributed by atoms with van der Waals surface area (Å²) < 4.78 is 5.26. The van der Waals surface area contributed by atoms with Gasteiger partial charge in [-0.15, -0.1) is 12.4 Å². The number of nitrogens with two attached hydrogens (primary N) is 1. The fourth-order valence-electron chi connectivity index (χ4n) is 2.04. The zero-order chi connectivity index (χ0) is 12.1. The molecule has 1 unspecified atom stereocenters. The van der Waals surface area contributed by atoms with Crippen molar-refractivity contribution in [3.63, 3.8) is 0 Å². The minimum absolute atomic E-state index is 0. The summed E-state index contributed by atoms with van der Waals surface area (Å²) in [6.07, 6.45) is 1.73. The van der Waals surface area contributed by atoms with Crippen LogP contribution in [0.25, 0.3) is 0 Å². The molecule has 1 aromatic rings. The summed E-state index contributed by atoms with van der Waals surface area (Å²) >= 11 is 0. The molecule has 5 heteroatoms. The third-order valence-electron chi connectivity index (χ3n) is 3.12. The van der Waals surface area contributed by atoms with Gasteiger partial charge in [0.2, 0.25) is 5.91 Å². The van der Waals surface area contributed by atoms with Crippen LogP contribution < -0.4 is 11.1 Å². The van der Waals surface area contributed by atoms with Crippen LogP contribution in [-0.2, 0) is 9.53 Å². The van der Waals surface area contributed by atoms with Crippen LogP contribution >= 0.6 is 12.4 Å². The summed E-state index contributed by atoms with van der Waals surface area (Å²) in [4.78, 5) is 11.9. The van der Waals surface area contributed by atoms with Gasteiger partial charge in [0.05, 0.1) is 6.04 Å². The number of ether oxygens (including phenoxy) is 1. The number of carbonyl (C=O) groups excluding carboxylic acids is 1. The van der Waals surface area contributed by atoms with Crippen LogP contribution in [0.4, 0.5) is 5.69 Å². The van der Waals surface area contributed by atoms with Gasteiger partial charge in [-0.1, -0.05) is 18.2 Å². The molecule has 0 spiro atoms. The van der Waals surface area contributed by atoms with Crippen LogP contribution in [0.1, 0.15) is 12.8 Å². The van der Waals surface area contributed by atoms with Crippen LogP contribution in [0.15, 0.2) is 30.3 Å². The molecule has 0 aromatic heterocycles. The number of amides is 1. The molecule has 1 heterocycles. The molecule has 1 atom stereocenters. The van der Waals surface area contributed by atoms with E-state index in [1.165, 1.54) is 0 Å². The van der Waals surface area contributed by atoms with E-state index in [4.69, 9.17) is 10.5 Å². The summed E-state index contributed by atoms with van der Waals surface area (Å²) in [5.74, 6) is 0.121. The Morgan fingerprint density at radius 3 is 2.50 bits per heavy atom. The second-order valence-corrected chi connectivity index (χ2v) is 4.33. The molecular weight excluding hydrogens is 252 g/mol. The first-order chi connectivity index (χ1) is 8.27. The Balaban J connectivity index is 0.00000162. The van der Waals surface area contributed by atoms with Crippen LogP contribution in [0.3, 0.4) is 0 Å². The lowest BCUT2D eigenvalue weighted by Crippen LogP contribution is -2.43. The highest BCUT2D eigenvalue weighted by molar-refractivity contribution is 5.94. The zero-order valence-electron chi connectivity index (χ0n) is 10.2. The summed E-state index contributed by atoms with van der Waals surface area (Å²) in [6.45, 7) is 1.41. The van der Waals surface area contributed by atoms with E-state index in [1.54, 1.807) is 0 Å². The van der Waals surface area contributed by atoms with Crippen molar-refractivity contribution < 1.29 is 9.53 Å². The number of hydrogen-bond acceptors (Lipinski definition) is 3. The number of para-hydroxylation sites is 1. The summed E-state index contributed by atoms with van der Waals surface area (Å²) in [5, 5.41) is 2.83. The molecule has 2 rings (SSSR count). The Bertz CT molecular complexity index is 367. The Morgan fingerprint density at radius 1 is 1.28 bits per heavy atom. The average Bonchev–Trinajstić information content (AvgIpc) is 2.40. The van der Waals surface area contributed by atoms with Crippen LogP contribution in [0.5, 0.6) is 0 Å². The average molecular weight is 271 g/mol. The molecule has 1 aliphatic rings. The lowest BCUT2D eigenvalue weighted by atomic mass is 9.92. The number of halogens is 1. The number of carbonyl (C=O) groups is 1. The van der Waals surface area contributed by atoms with Gasteiger partial charge in [0.15, 0.2) is 0 Å². The Hall–Kier alpha value is -1.10. The SMILES string of the molecule is Cl.NC(C(=O)Nc1ccccc1)C1CCOCC1. The molecule has 100 valence electrons. The van der Waals surface area contributed by atoms with Crippen molar-refractivity contribution in [1.82, 2.24) is 0 Å². The van der Waals surface area contributed by atoms with Crippen LogP contribution in [0, 0.1) is 5.92 Å². The van der Waals surface area contributed by atoms with E-state index in [9.17, 15) is 4.79 Å². The molecule has 0 saturated carbocycles. The van der Waals surface area contributed by atoms with E-state index >= 15 is 0 Å². The van der Waals surface area contributed by atoms with Gasteiger partial charge in [-0.25, -0.2) is 0 Å². The number of benzene rings is 1. The minimum atomic E-state index is -0.445. The number of hydrogen-bond donors (Lipinski definition) is 2. The molecule has 1 aromatic carbocycles. The van der Waals surface area contributed by atoms with Gasteiger partial charge in [0, 0.05) is 18.9 Å². The molecule has 18 heavy (non-hydrogen) atoms.